The normalized spacial score (nSPS) is 18.2. The van der Waals surface area contributed by atoms with Gasteiger partial charge in [-0.25, -0.2) is 0 Å². The number of aryl methyl sites for hydroxylation is 1. The zero-order valence-electron chi connectivity index (χ0n) is 9.63. The van der Waals surface area contributed by atoms with E-state index in [0.717, 1.165) is 18.5 Å². The molecule has 17 heavy (non-hydrogen) atoms. The Morgan fingerprint density at radius 2 is 2.18 bits per heavy atom. The summed E-state index contributed by atoms with van der Waals surface area (Å²) >= 11 is 0. The number of halogens is 2. The molecule has 1 fully saturated rings. The summed E-state index contributed by atoms with van der Waals surface area (Å²) in [4.78, 5) is 17.8. The molecule has 96 valence electrons. The Morgan fingerprint density at radius 1 is 1.47 bits per heavy atom. The van der Waals surface area contributed by atoms with Crippen LogP contribution in [0.3, 0.4) is 0 Å². The van der Waals surface area contributed by atoms with Crippen molar-refractivity contribution in [3.8, 4) is 0 Å². The van der Waals surface area contributed by atoms with E-state index in [1.165, 1.54) is 0 Å². The molecule has 0 aliphatic carbocycles. The van der Waals surface area contributed by atoms with E-state index < -0.39 is 0 Å². The molecule has 1 aromatic rings. The van der Waals surface area contributed by atoms with Gasteiger partial charge in [-0.05, 0) is 25.0 Å². The fraction of sp³-hybridized carbons (Fsp3) is 0.455. The first-order chi connectivity index (χ1) is 7.16. The van der Waals surface area contributed by atoms with E-state index in [1.807, 2.05) is 13.0 Å². The molecule has 1 aliphatic rings. The quantitative estimate of drug-likeness (QED) is 0.845. The van der Waals surface area contributed by atoms with E-state index in [2.05, 4.69) is 4.98 Å². The lowest BCUT2D eigenvalue weighted by Gasteiger charge is -2.15. The van der Waals surface area contributed by atoms with Crippen molar-refractivity contribution in [2.24, 2.45) is 5.73 Å². The molecule has 2 heterocycles. The SMILES string of the molecule is Cc1cncc(C(=O)N2CC[C@H](N)C2)c1.Cl.Cl. The van der Waals surface area contributed by atoms with Crippen molar-refractivity contribution in [1.29, 1.82) is 0 Å². The van der Waals surface area contributed by atoms with Gasteiger partial charge in [0.15, 0.2) is 0 Å². The van der Waals surface area contributed by atoms with Gasteiger partial charge < -0.3 is 10.6 Å². The number of likely N-dealkylation sites (tertiary alicyclic amines) is 1. The summed E-state index contributed by atoms with van der Waals surface area (Å²) in [5.41, 5.74) is 7.42. The molecule has 1 aromatic heterocycles. The van der Waals surface area contributed by atoms with Crippen LogP contribution in [-0.4, -0.2) is 34.9 Å². The van der Waals surface area contributed by atoms with Crippen molar-refractivity contribution in [3.05, 3.63) is 29.6 Å². The van der Waals surface area contributed by atoms with Crippen LogP contribution in [0.1, 0.15) is 22.3 Å². The van der Waals surface area contributed by atoms with Crippen molar-refractivity contribution in [2.75, 3.05) is 13.1 Å². The van der Waals surface area contributed by atoms with Gasteiger partial charge in [-0.2, -0.15) is 0 Å². The molecule has 0 unspecified atom stereocenters. The highest BCUT2D eigenvalue weighted by Gasteiger charge is 2.24. The average molecular weight is 278 g/mol. The minimum Gasteiger partial charge on any atom is -0.337 e. The lowest BCUT2D eigenvalue weighted by molar-refractivity contribution is 0.0790. The fourth-order valence-electron chi connectivity index (χ4n) is 1.83. The third-order valence-corrected chi connectivity index (χ3v) is 2.63. The number of nitrogens with two attached hydrogens (primary N) is 1. The number of pyridine rings is 1. The van der Waals surface area contributed by atoms with Crippen molar-refractivity contribution in [2.45, 2.75) is 19.4 Å². The van der Waals surface area contributed by atoms with Gasteiger partial charge in [-0.1, -0.05) is 0 Å². The van der Waals surface area contributed by atoms with Gasteiger partial charge in [-0.3, -0.25) is 9.78 Å². The van der Waals surface area contributed by atoms with Gasteiger partial charge >= 0.3 is 0 Å². The second kappa shape index (κ2) is 6.79. The number of aromatic nitrogens is 1. The Labute approximate surface area is 113 Å². The zero-order valence-corrected chi connectivity index (χ0v) is 11.3. The van der Waals surface area contributed by atoms with Crippen molar-refractivity contribution < 1.29 is 4.79 Å². The first kappa shape index (κ1) is 16.2. The second-order valence-electron chi connectivity index (χ2n) is 4.05. The van der Waals surface area contributed by atoms with Crippen LogP contribution in [0.2, 0.25) is 0 Å². The Balaban J connectivity index is 0.00000128. The number of nitrogens with zero attached hydrogens (tertiary/aromatic N) is 2. The first-order valence-electron chi connectivity index (χ1n) is 5.13. The van der Waals surface area contributed by atoms with Crippen LogP contribution in [0.4, 0.5) is 0 Å². The van der Waals surface area contributed by atoms with Crippen LogP contribution >= 0.6 is 24.8 Å². The van der Waals surface area contributed by atoms with Crippen LogP contribution in [0.25, 0.3) is 0 Å². The predicted octanol–water partition coefficient (Wildman–Crippen LogP) is 1.41. The van der Waals surface area contributed by atoms with E-state index >= 15 is 0 Å². The third-order valence-electron chi connectivity index (χ3n) is 2.63. The number of carbonyl (C=O) groups excluding carboxylic acids is 1. The van der Waals surface area contributed by atoms with Gasteiger partial charge in [0.25, 0.3) is 5.91 Å². The summed E-state index contributed by atoms with van der Waals surface area (Å²) in [6.07, 6.45) is 4.25. The topological polar surface area (TPSA) is 59.2 Å². The summed E-state index contributed by atoms with van der Waals surface area (Å²) in [6.45, 7) is 3.35. The number of amides is 1. The fourth-order valence-corrected chi connectivity index (χ4v) is 1.83. The number of carbonyl (C=O) groups is 1. The van der Waals surface area contributed by atoms with Crippen LogP contribution < -0.4 is 5.73 Å². The average Bonchev–Trinajstić information content (AvgIpc) is 2.64. The smallest absolute Gasteiger partial charge is 0.255 e. The first-order valence-corrected chi connectivity index (χ1v) is 5.13. The van der Waals surface area contributed by atoms with E-state index in [4.69, 9.17) is 5.73 Å². The lowest BCUT2D eigenvalue weighted by atomic mass is 10.2. The van der Waals surface area contributed by atoms with Crippen LogP contribution in [0.5, 0.6) is 0 Å². The van der Waals surface area contributed by atoms with Gasteiger partial charge in [0, 0.05) is 31.5 Å². The summed E-state index contributed by atoms with van der Waals surface area (Å²) in [7, 11) is 0. The highest BCUT2D eigenvalue weighted by atomic mass is 35.5. The molecule has 1 atom stereocenters. The Bertz CT molecular complexity index is 387. The molecular weight excluding hydrogens is 261 g/mol. The minimum absolute atomic E-state index is 0. The van der Waals surface area contributed by atoms with Crippen LogP contribution in [0.15, 0.2) is 18.5 Å². The molecule has 2 N–H and O–H groups in total. The van der Waals surface area contributed by atoms with E-state index in [-0.39, 0.29) is 36.8 Å². The Hall–Kier alpha value is -0.840. The lowest BCUT2D eigenvalue weighted by Crippen LogP contribution is -2.31. The molecule has 0 saturated carbocycles. The standard InChI is InChI=1S/C11H15N3O.2ClH/c1-8-4-9(6-13-5-8)11(15)14-3-2-10(12)7-14;;/h4-6,10H,2-3,7,12H2,1H3;2*1H/t10-;;/m0../s1. The number of hydrogen-bond acceptors (Lipinski definition) is 3. The largest absolute Gasteiger partial charge is 0.337 e. The highest BCUT2D eigenvalue weighted by Crippen LogP contribution is 2.12. The van der Waals surface area contributed by atoms with E-state index in [0.29, 0.717) is 12.1 Å². The van der Waals surface area contributed by atoms with Gasteiger partial charge in [0.05, 0.1) is 5.56 Å². The molecule has 0 spiro atoms. The van der Waals surface area contributed by atoms with E-state index in [9.17, 15) is 4.79 Å². The maximum atomic E-state index is 12.0. The number of rotatable bonds is 1. The number of hydrogen-bond donors (Lipinski definition) is 1. The van der Waals surface area contributed by atoms with Crippen LogP contribution in [0, 0.1) is 6.92 Å². The van der Waals surface area contributed by atoms with Crippen molar-refractivity contribution >= 4 is 30.7 Å². The van der Waals surface area contributed by atoms with Crippen molar-refractivity contribution in [3.63, 3.8) is 0 Å². The molecule has 1 amide bonds. The summed E-state index contributed by atoms with van der Waals surface area (Å²) < 4.78 is 0. The molecule has 0 radical (unpaired) electrons. The molecule has 6 heteroatoms. The van der Waals surface area contributed by atoms with Gasteiger partial charge in [0.1, 0.15) is 0 Å². The molecular formula is C11H17Cl2N3O. The van der Waals surface area contributed by atoms with E-state index in [1.54, 1.807) is 17.3 Å². The maximum absolute atomic E-state index is 12.0. The predicted molar refractivity (Wildman–Crippen MR) is 72.0 cm³/mol. The molecule has 0 aromatic carbocycles. The zero-order chi connectivity index (χ0) is 10.8. The van der Waals surface area contributed by atoms with Gasteiger partial charge in [0.2, 0.25) is 0 Å². The van der Waals surface area contributed by atoms with Gasteiger partial charge in [-0.15, -0.1) is 24.8 Å². The Kier molecular flexibility index (Phi) is 6.45. The Morgan fingerprint density at radius 3 is 2.71 bits per heavy atom. The third kappa shape index (κ3) is 3.84. The molecule has 1 saturated heterocycles. The second-order valence-corrected chi connectivity index (χ2v) is 4.05. The molecule has 1 aliphatic heterocycles. The summed E-state index contributed by atoms with van der Waals surface area (Å²) in [5.74, 6) is 0.0409. The molecule has 2 rings (SSSR count). The highest BCUT2D eigenvalue weighted by molar-refractivity contribution is 5.94. The molecule has 0 bridgehead atoms. The monoisotopic (exact) mass is 277 g/mol. The van der Waals surface area contributed by atoms with Crippen LogP contribution in [-0.2, 0) is 0 Å². The summed E-state index contributed by atoms with van der Waals surface area (Å²) in [6, 6.07) is 1.99. The molecule has 4 nitrogen and oxygen atoms in total. The summed E-state index contributed by atoms with van der Waals surface area (Å²) in [5, 5.41) is 0. The minimum atomic E-state index is 0. The maximum Gasteiger partial charge on any atom is 0.255 e. The van der Waals surface area contributed by atoms with Crippen molar-refractivity contribution in [1.82, 2.24) is 9.88 Å².